The van der Waals surface area contributed by atoms with E-state index >= 15 is 4.39 Å². The summed E-state index contributed by atoms with van der Waals surface area (Å²) in [6.45, 7) is 11.8. The lowest BCUT2D eigenvalue weighted by molar-refractivity contribution is 0.226. The Hall–Kier alpha value is -3.13. The molecule has 1 aromatic carbocycles. The molecule has 2 bridgehead atoms. The zero-order valence-electron chi connectivity index (χ0n) is 22.8. The van der Waals surface area contributed by atoms with Gasteiger partial charge in [0.05, 0.1) is 11.7 Å². The molecule has 0 radical (unpaired) electrons. The molecule has 0 spiro atoms. The molecule has 1 atom stereocenters. The predicted octanol–water partition coefficient (Wildman–Crippen LogP) is 4.95. The number of anilines is 2. The Bertz CT molecular complexity index is 1330. The SMILES string of the molecule is C=C1c2cc(C)ccc2CCCNCCN(C)c2c(F)c(N3CCCC3)nc3cc(nn23)[C@@H]2CCCCN12. The van der Waals surface area contributed by atoms with Crippen LogP contribution >= 0.6 is 0 Å². The maximum atomic E-state index is 16.2. The number of nitrogens with zero attached hydrogens (tertiary/aromatic N) is 6. The average Bonchev–Trinajstić information content (AvgIpc) is 3.60. The van der Waals surface area contributed by atoms with Gasteiger partial charge in [-0.2, -0.15) is 14.0 Å². The zero-order valence-corrected chi connectivity index (χ0v) is 22.8. The number of fused-ring (bicyclic) bond motifs is 4. The summed E-state index contributed by atoms with van der Waals surface area (Å²) in [5.41, 5.74) is 6.58. The van der Waals surface area contributed by atoms with Gasteiger partial charge in [0.25, 0.3) is 0 Å². The van der Waals surface area contributed by atoms with Crippen molar-refractivity contribution in [2.75, 3.05) is 56.1 Å². The van der Waals surface area contributed by atoms with Gasteiger partial charge >= 0.3 is 0 Å². The quantitative estimate of drug-likeness (QED) is 0.493. The lowest BCUT2D eigenvalue weighted by atomic mass is 9.93. The van der Waals surface area contributed by atoms with E-state index < -0.39 is 0 Å². The van der Waals surface area contributed by atoms with E-state index in [1.165, 1.54) is 16.7 Å². The minimum absolute atomic E-state index is 0.0948. The molecule has 0 unspecified atom stereocenters. The van der Waals surface area contributed by atoms with Crippen molar-refractivity contribution in [1.29, 1.82) is 0 Å². The Morgan fingerprint density at radius 3 is 2.66 bits per heavy atom. The maximum Gasteiger partial charge on any atom is 0.208 e. The van der Waals surface area contributed by atoms with Gasteiger partial charge in [-0.1, -0.05) is 24.3 Å². The van der Waals surface area contributed by atoms with E-state index in [0.29, 0.717) is 18.2 Å². The first-order valence-electron chi connectivity index (χ1n) is 14.3. The first-order chi connectivity index (χ1) is 18.5. The fourth-order valence-corrected chi connectivity index (χ4v) is 6.38. The summed E-state index contributed by atoms with van der Waals surface area (Å²) in [4.78, 5) is 11.4. The van der Waals surface area contributed by atoms with Crippen LogP contribution in [0.4, 0.5) is 16.0 Å². The summed E-state index contributed by atoms with van der Waals surface area (Å²) in [6, 6.07) is 8.95. The average molecular weight is 518 g/mol. The van der Waals surface area contributed by atoms with Crippen molar-refractivity contribution < 1.29 is 4.39 Å². The van der Waals surface area contributed by atoms with Crippen molar-refractivity contribution in [3.8, 4) is 0 Å². The van der Waals surface area contributed by atoms with Crippen molar-refractivity contribution in [3.05, 3.63) is 59.0 Å². The van der Waals surface area contributed by atoms with Crippen LogP contribution in [0.3, 0.4) is 0 Å². The van der Waals surface area contributed by atoms with Gasteiger partial charge in [0.1, 0.15) is 0 Å². The van der Waals surface area contributed by atoms with Crippen LogP contribution in [-0.2, 0) is 6.42 Å². The standard InChI is InChI=1S/C30H40FN7/c1-21-11-12-23-9-8-13-32-14-18-35(3)30-28(31)29(36-15-6-7-16-36)33-27-20-25(34-38(27)30)26-10-4-5-17-37(26)22(2)24(23)19-21/h11-12,19-20,26,32H,2,4-10,13-18H2,1,3H3/t26-/m0/s1. The van der Waals surface area contributed by atoms with Crippen LogP contribution in [0.2, 0.25) is 0 Å². The van der Waals surface area contributed by atoms with Gasteiger partial charge in [0.2, 0.25) is 5.82 Å². The lowest BCUT2D eigenvalue weighted by Gasteiger charge is -2.38. The first kappa shape index (κ1) is 25.2. The van der Waals surface area contributed by atoms with Crippen molar-refractivity contribution in [1.82, 2.24) is 24.8 Å². The van der Waals surface area contributed by atoms with E-state index in [-0.39, 0.29) is 11.9 Å². The van der Waals surface area contributed by atoms with Crippen molar-refractivity contribution in [2.45, 2.75) is 57.9 Å². The molecule has 3 aliphatic heterocycles. The summed E-state index contributed by atoms with van der Waals surface area (Å²) in [7, 11) is 1.96. The van der Waals surface area contributed by atoms with Crippen LogP contribution in [-0.4, -0.2) is 65.8 Å². The highest BCUT2D eigenvalue weighted by molar-refractivity contribution is 5.67. The number of aryl methyl sites for hydroxylation is 2. The highest BCUT2D eigenvalue weighted by Crippen LogP contribution is 2.39. The van der Waals surface area contributed by atoms with Crippen molar-refractivity contribution >= 4 is 23.0 Å². The van der Waals surface area contributed by atoms with E-state index in [9.17, 15) is 0 Å². The topological polar surface area (TPSA) is 51.9 Å². The third kappa shape index (κ3) is 4.64. The molecule has 0 aliphatic carbocycles. The second-order valence-electron chi connectivity index (χ2n) is 11.2. The minimum Gasteiger partial charge on any atom is -0.363 e. The number of halogens is 1. The summed E-state index contributed by atoms with van der Waals surface area (Å²) in [5.74, 6) is 0.690. The molecule has 5 heterocycles. The fourth-order valence-electron chi connectivity index (χ4n) is 6.38. The molecule has 202 valence electrons. The number of hydrogen-bond acceptors (Lipinski definition) is 6. The molecule has 7 nitrogen and oxygen atoms in total. The van der Waals surface area contributed by atoms with Gasteiger partial charge < -0.3 is 20.0 Å². The minimum atomic E-state index is -0.271. The van der Waals surface area contributed by atoms with E-state index in [4.69, 9.17) is 10.1 Å². The van der Waals surface area contributed by atoms with Gasteiger partial charge in [-0.3, -0.25) is 0 Å². The van der Waals surface area contributed by atoms with Gasteiger partial charge in [0.15, 0.2) is 17.3 Å². The number of nitrogens with one attached hydrogen (secondary N) is 1. The Labute approximate surface area is 225 Å². The van der Waals surface area contributed by atoms with Crippen LogP contribution in [0.25, 0.3) is 11.3 Å². The molecular weight excluding hydrogens is 477 g/mol. The molecule has 2 fully saturated rings. The molecule has 0 amide bonds. The van der Waals surface area contributed by atoms with Crippen molar-refractivity contribution in [3.63, 3.8) is 0 Å². The Morgan fingerprint density at radius 2 is 1.82 bits per heavy atom. The number of piperidine rings is 1. The van der Waals surface area contributed by atoms with Crippen LogP contribution in [0, 0.1) is 12.7 Å². The molecule has 0 saturated carbocycles. The van der Waals surface area contributed by atoms with E-state index in [1.807, 2.05) is 11.9 Å². The van der Waals surface area contributed by atoms with Crippen molar-refractivity contribution in [2.24, 2.45) is 0 Å². The molecular formula is C30H40FN7. The number of rotatable bonds is 1. The highest BCUT2D eigenvalue weighted by Gasteiger charge is 2.31. The molecule has 3 aromatic rings. The normalized spacial score (nSPS) is 21.3. The fraction of sp³-hybridized carbons (Fsp3) is 0.533. The van der Waals surface area contributed by atoms with Gasteiger partial charge in [-0.25, -0.2) is 4.98 Å². The molecule has 2 aromatic heterocycles. The second-order valence-corrected chi connectivity index (χ2v) is 11.2. The Morgan fingerprint density at radius 1 is 1.00 bits per heavy atom. The zero-order chi connectivity index (χ0) is 26.2. The van der Waals surface area contributed by atoms with E-state index in [2.05, 4.69) is 52.9 Å². The summed E-state index contributed by atoms with van der Waals surface area (Å²) in [6.07, 6.45) is 7.47. The third-order valence-corrected chi connectivity index (χ3v) is 8.48. The van der Waals surface area contributed by atoms with Gasteiger partial charge in [-0.05, 0) is 70.0 Å². The number of likely N-dealkylation sites (N-methyl/N-ethyl adjacent to an activating group) is 1. The summed E-state index contributed by atoms with van der Waals surface area (Å²) >= 11 is 0. The lowest BCUT2D eigenvalue weighted by Crippen LogP contribution is -2.33. The number of hydrogen-bond donors (Lipinski definition) is 1. The molecule has 3 aliphatic rings. The maximum absolute atomic E-state index is 16.2. The smallest absolute Gasteiger partial charge is 0.208 e. The molecule has 38 heavy (non-hydrogen) atoms. The summed E-state index contributed by atoms with van der Waals surface area (Å²) < 4.78 is 17.9. The molecule has 2 saturated heterocycles. The molecule has 1 N–H and O–H groups in total. The van der Waals surface area contributed by atoms with Crippen LogP contribution in [0.1, 0.15) is 67.0 Å². The monoisotopic (exact) mass is 517 g/mol. The number of aromatic nitrogens is 3. The van der Waals surface area contributed by atoms with Crippen LogP contribution < -0.4 is 15.1 Å². The van der Waals surface area contributed by atoms with E-state index in [0.717, 1.165) is 94.7 Å². The first-order valence-corrected chi connectivity index (χ1v) is 14.3. The van der Waals surface area contributed by atoms with Crippen LogP contribution in [0.15, 0.2) is 30.8 Å². The summed E-state index contributed by atoms with van der Waals surface area (Å²) in [5, 5.41) is 8.61. The largest absolute Gasteiger partial charge is 0.363 e. The second kappa shape index (κ2) is 10.6. The van der Waals surface area contributed by atoms with E-state index in [1.54, 1.807) is 4.52 Å². The Kier molecular flexibility index (Phi) is 6.99. The predicted molar refractivity (Wildman–Crippen MR) is 152 cm³/mol. The van der Waals surface area contributed by atoms with Gasteiger partial charge in [-0.15, -0.1) is 0 Å². The van der Waals surface area contributed by atoms with Gasteiger partial charge in [0, 0.05) is 57.1 Å². The molecule has 6 rings (SSSR count). The van der Waals surface area contributed by atoms with Crippen LogP contribution in [0.5, 0.6) is 0 Å². The molecule has 8 heteroatoms. The third-order valence-electron chi connectivity index (χ3n) is 8.48. The highest BCUT2D eigenvalue weighted by atomic mass is 19.1. The number of benzene rings is 1. The Balaban J connectivity index is 1.48.